The van der Waals surface area contributed by atoms with Gasteiger partial charge in [0.2, 0.25) is 0 Å². The van der Waals surface area contributed by atoms with E-state index in [9.17, 15) is 4.39 Å². The summed E-state index contributed by atoms with van der Waals surface area (Å²) >= 11 is 0. The number of nitriles is 1. The molecule has 0 spiro atoms. The molecular weight excluding hydrogens is 239 g/mol. The minimum Gasteiger partial charge on any atom is -0.306 e. The van der Waals surface area contributed by atoms with Gasteiger partial charge in [0.05, 0.1) is 11.6 Å². The van der Waals surface area contributed by atoms with E-state index in [1.54, 1.807) is 12.1 Å². The topological polar surface area (TPSA) is 35.8 Å². The van der Waals surface area contributed by atoms with Crippen molar-refractivity contribution in [3.05, 3.63) is 71.0 Å². The van der Waals surface area contributed by atoms with Gasteiger partial charge < -0.3 is 5.32 Å². The lowest BCUT2D eigenvalue weighted by atomic mass is 10.1. The zero-order valence-electron chi connectivity index (χ0n) is 10.7. The lowest BCUT2D eigenvalue weighted by molar-refractivity contribution is 0.565. The zero-order chi connectivity index (χ0) is 13.7. The molecule has 1 atom stereocenters. The smallest absolute Gasteiger partial charge is 0.123 e. The summed E-state index contributed by atoms with van der Waals surface area (Å²) in [5.74, 6) is -0.224. The Morgan fingerprint density at radius 1 is 1.21 bits per heavy atom. The molecule has 0 saturated carbocycles. The van der Waals surface area contributed by atoms with Crippen LogP contribution in [0.1, 0.15) is 29.7 Å². The normalized spacial score (nSPS) is 11.8. The molecule has 0 radical (unpaired) electrons. The summed E-state index contributed by atoms with van der Waals surface area (Å²) in [6.07, 6.45) is 0. The summed E-state index contributed by atoms with van der Waals surface area (Å²) in [5, 5.41) is 12.2. The molecule has 0 heterocycles. The van der Waals surface area contributed by atoms with Crippen LogP contribution in [0.4, 0.5) is 4.39 Å². The largest absolute Gasteiger partial charge is 0.306 e. The first-order chi connectivity index (χ1) is 9.19. The Morgan fingerprint density at radius 2 is 2.00 bits per heavy atom. The molecule has 1 unspecified atom stereocenters. The van der Waals surface area contributed by atoms with Crippen molar-refractivity contribution in [3.63, 3.8) is 0 Å². The zero-order valence-corrected chi connectivity index (χ0v) is 10.7. The molecule has 2 aromatic rings. The van der Waals surface area contributed by atoms with Crippen LogP contribution in [0.5, 0.6) is 0 Å². The van der Waals surface area contributed by atoms with E-state index in [0.29, 0.717) is 12.1 Å². The fraction of sp³-hybridized carbons (Fsp3) is 0.188. The summed E-state index contributed by atoms with van der Waals surface area (Å²) in [6.45, 7) is 2.64. The molecule has 0 aliphatic rings. The van der Waals surface area contributed by atoms with E-state index in [1.165, 1.54) is 12.1 Å². The van der Waals surface area contributed by atoms with E-state index in [0.717, 1.165) is 11.1 Å². The average molecular weight is 254 g/mol. The fourth-order valence-corrected chi connectivity index (χ4v) is 1.92. The van der Waals surface area contributed by atoms with Gasteiger partial charge in [-0.05, 0) is 42.3 Å². The van der Waals surface area contributed by atoms with Crippen LogP contribution < -0.4 is 5.32 Å². The molecule has 2 aromatic carbocycles. The van der Waals surface area contributed by atoms with Crippen molar-refractivity contribution in [3.8, 4) is 6.07 Å². The number of hydrogen-bond donors (Lipinski definition) is 1. The number of rotatable bonds is 4. The van der Waals surface area contributed by atoms with Gasteiger partial charge >= 0.3 is 0 Å². The predicted molar refractivity (Wildman–Crippen MR) is 72.8 cm³/mol. The van der Waals surface area contributed by atoms with Gasteiger partial charge in [0.1, 0.15) is 5.82 Å². The van der Waals surface area contributed by atoms with E-state index in [4.69, 9.17) is 5.26 Å². The number of nitrogens with one attached hydrogen (secondary N) is 1. The van der Waals surface area contributed by atoms with Crippen molar-refractivity contribution in [2.75, 3.05) is 0 Å². The number of benzene rings is 2. The Bertz CT molecular complexity index is 602. The summed E-state index contributed by atoms with van der Waals surface area (Å²) in [4.78, 5) is 0. The first kappa shape index (κ1) is 13.3. The second-order valence-corrected chi connectivity index (χ2v) is 4.47. The highest BCUT2D eigenvalue weighted by Crippen LogP contribution is 2.14. The molecule has 0 aromatic heterocycles. The quantitative estimate of drug-likeness (QED) is 0.905. The summed E-state index contributed by atoms with van der Waals surface area (Å²) in [5.41, 5.74) is 2.61. The predicted octanol–water partition coefficient (Wildman–Crippen LogP) is 3.55. The average Bonchev–Trinajstić information content (AvgIpc) is 2.45. The van der Waals surface area contributed by atoms with Crippen LogP contribution in [0, 0.1) is 17.1 Å². The maximum Gasteiger partial charge on any atom is 0.123 e. The van der Waals surface area contributed by atoms with E-state index in [2.05, 4.69) is 11.4 Å². The van der Waals surface area contributed by atoms with Crippen LogP contribution in [-0.4, -0.2) is 0 Å². The fourth-order valence-electron chi connectivity index (χ4n) is 1.92. The van der Waals surface area contributed by atoms with E-state index in [1.807, 2.05) is 31.2 Å². The molecule has 0 fully saturated rings. The van der Waals surface area contributed by atoms with Crippen LogP contribution in [0.15, 0.2) is 48.5 Å². The first-order valence-electron chi connectivity index (χ1n) is 6.17. The SMILES string of the molecule is CC(NCc1cccc(C#N)c1)c1cccc(F)c1. The highest BCUT2D eigenvalue weighted by Gasteiger charge is 2.05. The molecule has 0 bridgehead atoms. The van der Waals surface area contributed by atoms with E-state index in [-0.39, 0.29) is 11.9 Å². The number of halogens is 1. The van der Waals surface area contributed by atoms with Crippen molar-refractivity contribution in [2.24, 2.45) is 0 Å². The Balaban J connectivity index is 2.00. The molecule has 3 heteroatoms. The van der Waals surface area contributed by atoms with Crippen molar-refractivity contribution >= 4 is 0 Å². The van der Waals surface area contributed by atoms with Gasteiger partial charge in [-0.25, -0.2) is 4.39 Å². The Labute approximate surface area is 112 Å². The molecule has 1 N–H and O–H groups in total. The van der Waals surface area contributed by atoms with Crippen molar-refractivity contribution in [2.45, 2.75) is 19.5 Å². The molecule has 2 nitrogen and oxygen atoms in total. The van der Waals surface area contributed by atoms with Gasteiger partial charge in [0, 0.05) is 12.6 Å². The third kappa shape index (κ3) is 3.64. The molecule has 96 valence electrons. The van der Waals surface area contributed by atoms with Gasteiger partial charge in [0.15, 0.2) is 0 Å². The monoisotopic (exact) mass is 254 g/mol. The van der Waals surface area contributed by atoms with Gasteiger partial charge in [-0.2, -0.15) is 5.26 Å². The van der Waals surface area contributed by atoms with Gasteiger partial charge in [-0.1, -0.05) is 24.3 Å². The number of nitrogens with zero attached hydrogens (tertiary/aromatic N) is 1. The third-order valence-corrected chi connectivity index (χ3v) is 3.02. The second-order valence-electron chi connectivity index (χ2n) is 4.47. The van der Waals surface area contributed by atoms with Crippen LogP contribution in [0.25, 0.3) is 0 Å². The summed E-state index contributed by atoms with van der Waals surface area (Å²) in [6, 6.07) is 16.2. The molecular formula is C16H15FN2. The number of hydrogen-bond acceptors (Lipinski definition) is 2. The van der Waals surface area contributed by atoms with Crippen LogP contribution >= 0.6 is 0 Å². The maximum absolute atomic E-state index is 13.1. The molecule has 0 amide bonds. The van der Waals surface area contributed by atoms with Crippen molar-refractivity contribution < 1.29 is 4.39 Å². The van der Waals surface area contributed by atoms with E-state index < -0.39 is 0 Å². The van der Waals surface area contributed by atoms with Crippen LogP contribution in [0.2, 0.25) is 0 Å². The van der Waals surface area contributed by atoms with E-state index >= 15 is 0 Å². The molecule has 19 heavy (non-hydrogen) atoms. The van der Waals surface area contributed by atoms with Gasteiger partial charge in [-0.3, -0.25) is 0 Å². The Kier molecular flexibility index (Phi) is 4.27. The standard InChI is InChI=1S/C16H15FN2/c1-12(15-6-3-7-16(17)9-15)19-11-14-5-2-4-13(8-14)10-18/h2-9,12,19H,11H2,1H3. The third-order valence-electron chi connectivity index (χ3n) is 3.02. The second kappa shape index (κ2) is 6.12. The summed E-state index contributed by atoms with van der Waals surface area (Å²) in [7, 11) is 0. The van der Waals surface area contributed by atoms with Gasteiger partial charge in [-0.15, -0.1) is 0 Å². The van der Waals surface area contributed by atoms with Crippen molar-refractivity contribution in [1.29, 1.82) is 5.26 Å². The maximum atomic E-state index is 13.1. The Morgan fingerprint density at radius 3 is 2.74 bits per heavy atom. The minimum absolute atomic E-state index is 0.0569. The highest BCUT2D eigenvalue weighted by molar-refractivity contribution is 5.32. The lowest BCUT2D eigenvalue weighted by Gasteiger charge is -2.14. The lowest BCUT2D eigenvalue weighted by Crippen LogP contribution is -2.18. The van der Waals surface area contributed by atoms with Crippen LogP contribution in [-0.2, 0) is 6.54 Å². The Hall–Kier alpha value is -2.18. The molecule has 0 saturated heterocycles. The molecule has 2 rings (SSSR count). The highest BCUT2D eigenvalue weighted by atomic mass is 19.1. The molecule has 0 aliphatic carbocycles. The van der Waals surface area contributed by atoms with Crippen molar-refractivity contribution in [1.82, 2.24) is 5.32 Å². The van der Waals surface area contributed by atoms with Gasteiger partial charge in [0.25, 0.3) is 0 Å². The summed E-state index contributed by atoms with van der Waals surface area (Å²) < 4.78 is 13.1. The minimum atomic E-state index is -0.224. The first-order valence-corrected chi connectivity index (χ1v) is 6.17. The molecule has 0 aliphatic heterocycles. The van der Waals surface area contributed by atoms with Crippen LogP contribution in [0.3, 0.4) is 0 Å².